The molecule has 1 unspecified atom stereocenters. The van der Waals surface area contributed by atoms with Crippen LogP contribution in [0.25, 0.3) is 0 Å². The smallest absolute Gasteiger partial charge is 0.0934 e. The number of fused-ring (bicyclic) bond motifs is 1. The fourth-order valence-corrected chi connectivity index (χ4v) is 3.71. The number of nitrogens with one attached hydrogen (secondary N) is 1. The summed E-state index contributed by atoms with van der Waals surface area (Å²) in [4.78, 5) is 1.45. The van der Waals surface area contributed by atoms with Gasteiger partial charge in [0.15, 0.2) is 0 Å². The van der Waals surface area contributed by atoms with Gasteiger partial charge in [0.25, 0.3) is 0 Å². The van der Waals surface area contributed by atoms with Crippen molar-refractivity contribution in [3.05, 3.63) is 20.8 Å². The van der Waals surface area contributed by atoms with E-state index in [2.05, 4.69) is 25.2 Å². The van der Waals surface area contributed by atoms with E-state index < -0.39 is 0 Å². The van der Waals surface area contributed by atoms with Gasteiger partial charge in [0.1, 0.15) is 0 Å². The molecule has 2 nitrogen and oxygen atoms in total. The van der Waals surface area contributed by atoms with Crippen molar-refractivity contribution in [2.75, 3.05) is 13.2 Å². The van der Waals surface area contributed by atoms with Crippen LogP contribution >= 0.6 is 22.9 Å². The summed E-state index contributed by atoms with van der Waals surface area (Å²) < 4.78 is 6.60. The molecule has 0 fully saturated rings. The zero-order chi connectivity index (χ0) is 12.5. The van der Waals surface area contributed by atoms with Gasteiger partial charge in [-0.15, -0.1) is 11.3 Å². The molecule has 17 heavy (non-hydrogen) atoms. The van der Waals surface area contributed by atoms with Crippen LogP contribution in [0, 0.1) is 0 Å². The fraction of sp³-hybridized carbons (Fsp3) is 0.692. The van der Waals surface area contributed by atoms with Gasteiger partial charge < -0.3 is 10.1 Å². The Balaban J connectivity index is 1.93. The average molecular weight is 274 g/mol. The van der Waals surface area contributed by atoms with E-state index in [1.807, 2.05) is 6.92 Å². The van der Waals surface area contributed by atoms with E-state index in [-0.39, 0.29) is 5.60 Å². The van der Waals surface area contributed by atoms with Crippen molar-refractivity contribution in [2.24, 2.45) is 0 Å². The van der Waals surface area contributed by atoms with Crippen LogP contribution < -0.4 is 5.32 Å². The maximum absolute atomic E-state index is 6.05. The molecule has 1 N–H and O–H groups in total. The van der Waals surface area contributed by atoms with Crippen molar-refractivity contribution in [1.29, 1.82) is 0 Å². The molecule has 0 amide bonds. The van der Waals surface area contributed by atoms with Gasteiger partial charge in [-0.25, -0.2) is 0 Å². The third kappa shape index (κ3) is 3.22. The van der Waals surface area contributed by atoms with Crippen LogP contribution in [0.4, 0.5) is 0 Å². The van der Waals surface area contributed by atoms with Crippen LogP contribution in [-0.4, -0.2) is 18.8 Å². The maximum atomic E-state index is 6.05. The summed E-state index contributed by atoms with van der Waals surface area (Å²) in [5, 5.41) is 3.60. The van der Waals surface area contributed by atoms with Crippen molar-refractivity contribution in [1.82, 2.24) is 5.32 Å². The van der Waals surface area contributed by atoms with E-state index in [1.165, 1.54) is 16.9 Å². The highest BCUT2D eigenvalue weighted by Crippen LogP contribution is 2.39. The molecule has 0 aliphatic heterocycles. The standard InChI is InChI=1S/C13H20ClNOS/c1-4-16-13(2,3)8-15-10-5-6-11-9(10)7-12(14)17-11/h7,10,15H,4-6,8H2,1-3H3. The number of halogens is 1. The lowest BCUT2D eigenvalue weighted by molar-refractivity contribution is -0.0106. The molecule has 96 valence electrons. The number of ether oxygens (including phenoxy) is 1. The minimum absolute atomic E-state index is 0.0999. The van der Waals surface area contributed by atoms with Crippen molar-refractivity contribution in [3.8, 4) is 0 Å². The van der Waals surface area contributed by atoms with Gasteiger partial charge in [0, 0.05) is 24.1 Å². The molecular weight excluding hydrogens is 254 g/mol. The van der Waals surface area contributed by atoms with Gasteiger partial charge in [0.2, 0.25) is 0 Å². The normalized spacial score (nSPS) is 19.6. The molecule has 1 heterocycles. The quantitative estimate of drug-likeness (QED) is 0.881. The Bertz CT molecular complexity index is 389. The molecule has 1 aromatic rings. The van der Waals surface area contributed by atoms with Crippen LogP contribution in [0.2, 0.25) is 4.34 Å². The molecule has 0 bridgehead atoms. The Kier molecular flexibility index (Phi) is 4.14. The molecule has 0 radical (unpaired) electrons. The van der Waals surface area contributed by atoms with Crippen LogP contribution in [-0.2, 0) is 11.2 Å². The molecule has 0 saturated carbocycles. The molecule has 1 atom stereocenters. The third-order valence-electron chi connectivity index (χ3n) is 3.16. The minimum atomic E-state index is -0.0999. The van der Waals surface area contributed by atoms with Crippen molar-refractivity contribution in [2.45, 2.75) is 45.3 Å². The van der Waals surface area contributed by atoms with Gasteiger partial charge in [-0.05, 0) is 45.2 Å². The minimum Gasteiger partial charge on any atom is -0.375 e. The first kappa shape index (κ1) is 13.3. The first-order valence-electron chi connectivity index (χ1n) is 6.17. The van der Waals surface area contributed by atoms with Crippen LogP contribution in [0.3, 0.4) is 0 Å². The summed E-state index contributed by atoms with van der Waals surface area (Å²) in [6.45, 7) is 7.92. The van der Waals surface area contributed by atoms with Crippen LogP contribution in [0.1, 0.15) is 43.7 Å². The van der Waals surface area contributed by atoms with Crippen molar-refractivity contribution >= 4 is 22.9 Å². The van der Waals surface area contributed by atoms with E-state index in [1.54, 1.807) is 11.3 Å². The molecule has 0 spiro atoms. The lowest BCUT2D eigenvalue weighted by Gasteiger charge is -2.27. The molecule has 2 rings (SSSR count). The van der Waals surface area contributed by atoms with E-state index in [9.17, 15) is 0 Å². The number of hydrogen-bond donors (Lipinski definition) is 1. The largest absolute Gasteiger partial charge is 0.375 e. The van der Waals surface area contributed by atoms with E-state index in [0.717, 1.165) is 23.9 Å². The molecular formula is C13H20ClNOS. The number of aryl methyl sites for hydroxylation is 1. The summed E-state index contributed by atoms with van der Waals surface area (Å²) >= 11 is 7.77. The first-order chi connectivity index (χ1) is 8.02. The highest BCUT2D eigenvalue weighted by molar-refractivity contribution is 7.16. The van der Waals surface area contributed by atoms with Gasteiger partial charge in [-0.1, -0.05) is 11.6 Å². The Labute approximate surface area is 112 Å². The highest BCUT2D eigenvalue weighted by Gasteiger charge is 2.27. The molecule has 1 aromatic heterocycles. The second-order valence-electron chi connectivity index (χ2n) is 5.09. The van der Waals surface area contributed by atoms with Gasteiger partial charge in [-0.2, -0.15) is 0 Å². The highest BCUT2D eigenvalue weighted by atomic mass is 35.5. The summed E-state index contributed by atoms with van der Waals surface area (Å²) in [6, 6.07) is 2.56. The Morgan fingerprint density at radius 3 is 3.06 bits per heavy atom. The van der Waals surface area contributed by atoms with Gasteiger partial charge in [0.05, 0.1) is 9.94 Å². The summed E-state index contributed by atoms with van der Waals surface area (Å²) in [5.41, 5.74) is 1.30. The zero-order valence-corrected chi connectivity index (χ0v) is 12.3. The Morgan fingerprint density at radius 1 is 1.59 bits per heavy atom. The lowest BCUT2D eigenvalue weighted by Crippen LogP contribution is -2.38. The average Bonchev–Trinajstić information content (AvgIpc) is 2.74. The third-order valence-corrected chi connectivity index (χ3v) is 4.50. The van der Waals surface area contributed by atoms with Crippen molar-refractivity contribution in [3.63, 3.8) is 0 Å². The fourth-order valence-electron chi connectivity index (χ4n) is 2.35. The topological polar surface area (TPSA) is 21.3 Å². The van der Waals surface area contributed by atoms with E-state index in [4.69, 9.17) is 16.3 Å². The Hall–Kier alpha value is -0.0900. The SMILES string of the molecule is CCOC(C)(C)CNC1CCc2sc(Cl)cc21. The van der Waals surface area contributed by atoms with E-state index in [0.29, 0.717) is 6.04 Å². The van der Waals surface area contributed by atoms with Crippen LogP contribution in [0.5, 0.6) is 0 Å². The molecule has 1 aliphatic carbocycles. The van der Waals surface area contributed by atoms with Crippen LogP contribution in [0.15, 0.2) is 6.07 Å². The maximum Gasteiger partial charge on any atom is 0.0934 e. The van der Waals surface area contributed by atoms with E-state index >= 15 is 0 Å². The second kappa shape index (κ2) is 5.27. The number of rotatable bonds is 5. The summed E-state index contributed by atoms with van der Waals surface area (Å²) in [5.74, 6) is 0. The summed E-state index contributed by atoms with van der Waals surface area (Å²) in [6.07, 6.45) is 2.33. The second-order valence-corrected chi connectivity index (χ2v) is 6.86. The summed E-state index contributed by atoms with van der Waals surface area (Å²) in [7, 11) is 0. The monoisotopic (exact) mass is 273 g/mol. The predicted molar refractivity (Wildman–Crippen MR) is 74.1 cm³/mol. The molecule has 0 aromatic carbocycles. The Morgan fingerprint density at radius 2 is 2.35 bits per heavy atom. The first-order valence-corrected chi connectivity index (χ1v) is 7.37. The molecule has 0 saturated heterocycles. The lowest BCUT2D eigenvalue weighted by atomic mass is 10.1. The number of thiophene rings is 1. The van der Waals surface area contributed by atoms with Crippen molar-refractivity contribution < 1.29 is 4.74 Å². The number of hydrogen-bond acceptors (Lipinski definition) is 3. The molecule has 1 aliphatic rings. The van der Waals surface area contributed by atoms with Gasteiger partial charge >= 0.3 is 0 Å². The van der Waals surface area contributed by atoms with Gasteiger partial charge in [-0.3, -0.25) is 0 Å². The zero-order valence-electron chi connectivity index (χ0n) is 10.7. The predicted octanol–water partition coefficient (Wildman–Crippen LogP) is 3.79. The molecule has 4 heteroatoms.